The third-order valence-corrected chi connectivity index (χ3v) is 3.55. The summed E-state index contributed by atoms with van der Waals surface area (Å²) < 4.78 is 13.6. The van der Waals surface area contributed by atoms with Crippen molar-refractivity contribution < 1.29 is 9.47 Å². The van der Waals surface area contributed by atoms with Crippen molar-refractivity contribution in [2.24, 2.45) is 0 Å². The van der Waals surface area contributed by atoms with Gasteiger partial charge in [-0.1, -0.05) is 15.9 Å². The molecule has 2 aromatic rings. The van der Waals surface area contributed by atoms with Crippen molar-refractivity contribution in [3.8, 4) is 5.75 Å². The van der Waals surface area contributed by atoms with Crippen LogP contribution in [0.25, 0.3) is 0 Å². The molecule has 0 radical (unpaired) electrons. The minimum atomic E-state index is 0.733. The second-order valence-electron chi connectivity index (χ2n) is 4.72. The van der Waals surface area contributed by atoms with Gasteiger partial charge in [-0.3, -0.25) is 0 Å². The van der Waals surface area contributed by atoms with Crippen LogP contribution in [0.3, 0.4) is 0 Å². The molecule has 1 N–H and O–H groups in total. The smallest absolute Gasteiger partial charge is 0.207 e. The summed E-state index contributed by atoms with van der Waals surface area (Å²) in [7, 11) is 3.37. The highest BCUT2D eigenvalue weighted by Gasteiger charge is 2.09. The third-order valence-electron chi connectivity index (χ3n) is 3.05. The summed E-state index contributed by atoms with van der Waals surface area (Å²) in [5, 5.41) is 3.34. The molecular weight excluding hydrogens is 334 g/mol. The Bertz CT molecular complexity index is 599. The van der Waals surface area contributed by atoms with Gasteiger partial charge in [0.25, 0.3) is 0 Å². The van der Waals surface area contributed by atoms with Crippen LogP contribution in [0, 0.1) is 6.92 Å². The summed E-state index contributed by atoms with van der Waals surface area (Å²) in [4.78, 5) is 4.53. The minimum Gasteiger partial charge on any atom is -0.495 e. The molecule has 0 amide bonds. The number of rotatable bonds is 7. The van der Waals surface area contributed by atoms with E-state index in [9.17, 15) is 0 Å². The van der Waals surface area contributed by atoms with E-state index in [1.54, 1.807) is 14.2 Å². The van der Waals surface area contributed by atoms with Gasteiger partial charge in [0.15, 0.2) is 0 Å². The number of benzene rings is 1. The fraction of sp³-hybridized carbons (Fsp3) is 0.400. The lowest BCUT2D eigenvalue weighted by Crippen LogP contribution is -2.06. The van der Waals surface area contributed by atoms with Crippen molar-refractivity contribution in [1.29, 1.82) is 0 Å². The van der Waals surface area contributed by atoms with E-state index < -0.39 is 0 Å². The second-order valence-corrected chi connectivity index (χ2v) is 5.63. The van der Waals surface area contributed by atoms with E-state index in [1.807, 2.05) is 31.3 Å². The van der Waals surface area contributed by atoms with Gasteiger partial charge in [-0.05, 0) is 31.5 Å². The molecule has 2 rings (SSSR count). The van der Waals surface area contributed by atoms with Crippen LogP contribution in [0.2, 0.25) is 0 Å². The van der Waals surface area contributed by atoms with E-state index in [2.05, 4.69) is 30.8 Å². The zero-order valence-electron chi connectivity index (χ0n) is 12.5. The molecule has 0 aliphatic rings. The molecule has 0 unspecified atom stereocenters. The van der Waals surface area contributed by atoms with Gasteiger partial charge in [0.2, 0.25) is 5.95 Å². The number of hydrogen-bond acceptors (Lipinski definition) is 4. The molecule has 0 aliphatic carbocycles. The highest BCUT2D eigenvalue weighted by molar-refractivity contribution is 9.10. The number of imidazole rings is 1. The summed E-state index contributed by atoms with van der Waals surface area (Å²) in [6, 6.07) is 5.83. The van der Waals surface area contributed by atoms with Crippen LogP contribution in [0.1, 0.15) is 12.1 Å². The first kappa shape index (κ1) is 15.9. The fourth-order valence-corrected chi connectivity index (χ4v) is 2.46. The summed E-state index contributed by atoms with van der Waals surface area (Å²) in [5.41, 5.74) is 1.86. The molecule has 0 saturated heterocycles. The molecule has 1 heterocycles. The van der Waals surface area contributed by atoms with E-state index >= 15 is 0 Å². The number of methoxy groups -OCH3 is 2. The third kappa shape index (κ3) is 4.22. The number of hydrogen-bond donors (Lipinski definition) is 1. The Kier molecular flexibility index (Phi) is 5.64. The Morgan fingerprint density at radius 1 is 1.33 bits per heavy atom. The van der Waals surface area contributed by atoms with Gasteiger partial charge >= 0.3 is 0 Å². The van der Waals surface area contributed by atoms with Crippen LogP contribution in [0.4, 0.5) is 11.6 Å². The number of nitrogens with zero attached hydrogens (tertiary/aromatic N) is 2. The van der Waals surface area contributed by atoms with E-state index in [1.165, 1.54) is 0 Å². The topological polar surface area (TPSA) is 48.3 Å². The largest absolute Gasteiger partial charge is 0.495 e. The predicted molar refractivity (Wildman–Crippen MR) is 87.4 cm³/mol. The monoisotopic (exact) mass is 353 g/mol. The van der Waals surface area contributed by atoms with Gasteiger partial charge in [0.1, 0.15) is 5.75 Å². The van der Waals surface area contributed by atoms with Gasteiger partial charge in [0.05, 0.1) is 18.5 Å². The van der Waals surface area contributed by atoms with Crippen LogP contribution in [-0.4, -0.2) is 30.4 Å². The van der Waals surface area contributed by atoms with E-state index in [-0.39, 0.29) is 0 Å². The quantitative estimate of drug-likeness (QED) is 0.770. The molecule has 6 heteroatoms. The normalized spacial score (nSPS) is 10.7. The van der Waals surface area contributed by atoms with Gasteiger partial charge in [-0.25, -0.2) is 4.98 Å². The molecule has 0 aliphatic heterocycles. The van der Waals surface area contributed by atoms with Gasteiger partial charge in [-0.2, -0.15) is 0 Å². The molecule has 21 heavy (non-hydrogen) atoms. The first-order chi connectivity index (χ1) is 10.1. The highest BCUT2D eigenvalue weighted by Crippen LogP contribution is 2.30. The van der Waals surface area contributed by atoms with Crippen LogP contribution in [-0.2, 0) is 11.3 Å². The van der Waals surface area contributed by atoms with Gasteiger partial charge < -0.3 is 19.4 Å². The molecule has 0 bridgehead atoms. The van der Waals surface area contributed by atoms with Crippen molar-refractivity contribution in [3.05, 3.63) is 34.6 Å². The molecule has 0 saturated carbocycles. The average molecular weight is 354 g/mol. The Labute approximate surface area is 133 Å². The summed E-state index contributed by atoms with van der Waals surface area (Å²) in [6.45, 7) is 3.57. The van der Waals surface area contributed by atoms with E-state index in [0.717, 1.165) is 47.1 Å². The summed E-state index contributed by atoms with van der Waals surface area (Å²) in [5.74, 6) is 1.59. The Balaban J connectivity index is 2.21. The SMILES string of the molecule is COCCCn1cc(C)nc1Nc1cc(Br)ccc1OC. The predicted octanol–water partition coefficient (Wildman–Crippen LogP) is 3.74. The van der Waals surface area contributed by atoms with Crippen LogP contribution < -0.4 is 10.1 Å². The van der Waals surface area contributed by atoms with Crippen LogP contribution >= 0.6 is 15.9 Å². The number of aromatic nitrogens is 2. The lowest BCUT2D eigenvalue weighted by Gasteiger charge is -2.13. The Hall–Kier alpha value is -1.53. The van der Waals surface area contributed by atoms with E-state index in [0.29, 0.717) is 0 Å². The standard InChI is InChI=1S/C15H20BrN3O2/c1-11-10-19(7-4-8-20-2)15(17-11)18-13-9-12(16)5-6-14(13)21-3/h5-6,9-10H,4,7-8H2,1-3H3,(H,17,18). The second kappa shape index (κ2) is 7.47. The molecule has 0 spiro atoms. The number of halogens is 1. The molecule has 0 fully saturated rings. The van der Waals surface area contributed by atoms with Gasteiger partial charge in [-0.15, -0.1) is 0 Å². The number of nitrogens with one attached hydrogen (secondary N) is 1. The zero-order chi connectivity index (χ0) is 15.2. The molecule has 114 valence electrons. The molecule has 1 aromatic heterocycles. The van der Waals surface area contributed by atoms with Crippen molar-refractivity contribution in [1.82, 2.24) is 9.55 Å². The Morgan fingerprint density at radius 3 is 2.86 bits per heavy atom. The van der Waals surface area contributed by atoms with E-state index in [4.69, 9.17) is 9.47 Å². The highest BCUT2D eigenvalue weighted by atomic mass is 79.9. The maximum Gasteiger partial charge on any atom is 0.207 e. The zero-order valence-corrected chi connectivity index (χ0v) is 14.1. The lowest BCUT2D eigenvalue weighted by molar-refractivity contribution is 0.190. The van der Waals surface area contributed by atoms with Crippen molar-refractivity contribution in [2.45, 2.75) is 19.9 Å². The molecule has 5 nitrogen and oxygen atoms in total. The maximum atomic E-state index is 5.38. The lowest BCUT2D eigenvalue weighted by atomic mass is 10.3. The van der Waals surface area contributed by atoms with Crippen LogP contribution in [0.5, 0.6) is 5.75 Å². The molecule has 0 atom stereocenters. The van der Waals surface area contributed by atoms with Crippen molar-refractivity contribution in [3.63, 3.8) is 0 Å². The fourth-order valence-electron chi connectivity index (χ4n) is 2.09. The van der Waals surface area contributed by atoms with Crippen molar-refractivity contribution >= 4 is 27.6 Å². The average Bonchev–Trinajstić information content (AvgIpc) is 2.79. The summed E-state index contributed by atoms with van der Waals surface area (Å²) in [6.07, 6.45) is 2.97. The first-order valence-electron chi connectivity index (χ1n) is 6.77. The minimum absolute atomic E-state index is 0.733. The first-order valence-corrected chi connectivity index (χ1v) is 7.56. The Morgan fingerprint density at radius 2 is 2.14 bits per heavy atom. The van der Waals surface area contributed by atoms with Crippen LogP contribution in [0.15, 0.2) is 28.9 Å². The number of anilines is 2. The summed E-state index contributed by atoms with van der Waals surface area (Å²) >= 11 is 3.47. The molecular formula is C15H20BrN3O2. The van der Waals surface area contributed by atoms with Gasteiger partial charge in [0, 0.05) is 30.9 Å². The number of aryl methyl sites for hydroxylation is 2. The number of ether oxygens (including phenoxy) is 2. The van der Waals surface area contributed by atoms with Crippen molar-refractivity contribution in [2.75, 3.05) is 26.1 Å². The molecule has 1 aromatic carbocycles. The maximum absolute atomic E-state index is 5.38.